The molecule has 1 aliphatic rings. The van der Waals surface area contributed by atoms with Crippen LogP contribution < -0.4 is 5.32 Å². The molecule has 0 spiro atoms. The molecule has 128 valence electrons. The van der Waals surface area contributed by atoms with Crippen molar-refractivity contribution in [2.45, 2.75) is 38.3 Å². The molecule has 3 rings (SSSR count). The molecule has 6 nitrogen and oxygen atoms in total. The normalized spacial score (nSPS) is 20.1. The molecule has 1 aromatic heterocycles. The van der Waals surface area contributed by atoms with Gasteiger partial charge in [0, 0.05) is 20.1 Å². The highest BCUT2D eigenvalue weighted by Crippen LogP contribution is 2.29. The third kappa shape index (κ3) is 3.93. The Morgan fingerprint density at radius 1 is 1.33 bits per heavy atom. The number of aryl methyl sites for hydroxylation is 1. The minimum absolute atomic E-state index is 0.0389. The van der Waals surface area contributed by atoms with E-state index in [1.54, 1.807) is 16.6 Å². The van der Waals surface area contributed by atoms with Gasteiger partial charge in [-0.3, -0.25) is 4.68 Å². The zero-order chi connectivity index (χ0) is 16.9. The van der Waals surface area contributed by atoms with Crippen LogP contribution in [0.5, 0.6) is 0 Å². The molecule has 0 bridgehead atoms. The van der Waals surface area contributed by atoms with E-state index < -0.39 is 0 Å². The van der Waals surface area contributed by atoms with Crippen molar-refractivity contribution in [1.82, 2.24) is 25.0 Å². The maximum absolute atomic E-state index is 12.5. The van der Waals surface area contributed by atoms with Gasteiger partial charge in [-0.15, -0.1) is 0 Å². The number of carbonyl (C=O) groups excluding carboxylic acids is 1. The first-order valence-electron chi connectivity index (χ1n) is 8.52. The van der Waals surface area contributed by atoms with Gasteiger partial charge in [-0.1, -0.05) is 36.8 Å². The second kappa shape index (κ2) is 7.47. The molecule has 0 radical (unpaired) electrons. The molecule has 2 amide bonds. The van der Waals surface area contributed by atoms with Crippen LogP contribution in [-0.2, 0) is 20.0 Å². The summed E-state index contributed by atoms with van der Waals surface area (Å²) in [5.74, 6) is 1.29. The summed E-state index contributed by atoms with van der Waals surface area (Å²) in [6, 6.07) is 10.7. The lowest BCUT2D eigenvalue weighted by Crippen LogP contribution is -2.44. The summed E-state index contributed by atoms with van der Waals surface area (Å²) in [6.07, 6.45) is 5.94. The number of hydrogen-bond acceptors (Lipinski definition) is 3. The fourth-order valence-corrected chi connectivity index (χ4v) is 3.40. The van der Waals surface area contributed by atoms with Crippen LogP contribution in [0, 0.1) is 5.92 Å². The van der Waals surface area contributed by atoms with Crippen molar-refractivity contribution in [3.8, 4) is 0 Å². The Morgan fingerprint density at radius 2 is 2.12 bits per heavy atom. The van der Waals surface area contributed by atoms with E-state index in [9.17, 15) is 4.79 Å². The second-order valence-electron chi connectivity index (χ2n) is 6.59. The van der Waals surface area contributed by atoms with Crippen molar-refractivity contribution in [2.24, 2.45) is 13.0 Å². The SMILES string of the molecule is CN(Cc1ncnn1C)C(=O)N[C@@H]1CCC[C@H]1Cc1ccccc1. The van der Waals surface area contributed by atoms with Crippen molar-refractivity contribution < 1.29 is 4.79 Å². The van der Waals surface area contributed by atoms with Gasteiger partial charge in [-0.25, -0.2) is 9.78 Å². The van der Waals surface area contributed by atoms with E-state index in [0.29, 0.717) is 12.5 Å². The Hall–Kier alpha value is -2.37. The third-order valence-corrected chi connectivity index (χ3v) is 4.84. The number of urea groups is 1. The number of aromatic nitrogens is 3. The largest absolute Gasteiger partial charge is 0.335 e. The zero-order valence-corrected chi connectivity index (χ0v) is 14.4. The van der Waals surface area contributed by atoms with Gasteiger partial charge in [0.15, 0.2) is 0 Å². The number of carbonyl (C=O) groups is 1. The van der Waals surface area contributed by atoms with Crippen molar-refractivity contribution in [1.29, 1.82) is 0 Å². The average Bonchev–Trinajstić information content (AvgIpc) is 3.18. The second-order valence-corrected chi connectivity index (χ2v) is 6.59. The van der Waals surface area contributed by atoms with Gasteiger partial charge in [0.1, 0.15) is 12.2 Å². The monoisotopic (exact) mass is 327 g/mol. The molecular formula is C18H25N5O. The maximum Gasteiger partial charge on any atom is 0.317 e. The van der Waals surface area contributed by atoms with E-state index in [0.717, 1.165) is 18.7 Å². The summed E-state index contributed by atoms with van der Waals surface area (Å²) in [5.41, 5.74) is 1.34. The number of rotatable bonds is 5. The average molecular weight is 327 g/mol. The number of nitrogens with zero attached hydrogens (tertiary/aromatic N) is 4. The lowest BCUT2D eigenvalue weighted by molar-refractivity contribution is 0.197. The highest BCUT2D eigenvalue weighted by Gasteiger charge is 2.29. The van der Waals surface area contributed by atoms with Crippen LogP contribution in [0.3, 0.4) is 0 Å². The molecule has 24 heavy (non-hydrogen) atoms. The summed E-state index contributed by atoms with van der Waals surface area (Å²) >= 11 is 0. The number of nitrogens with one attached hydrogen (secondary N) is 1. The molecule has 1 heterocycles. The first kappa shape index (κ1) is 16.5. The van der Waals surface area contributed by atoms with Crippen LogP contribution in [0.15, 0.2) is 36.7 Å². The molecule has 1 aromatic carbocycles. The molecule has 2 atom stereocenters. The van der Waals surface area contributed by atoms with Crippen LogP contribution in [-0.4, -0.2) is 38.8 Å². The molecule has 1 fully saturated rings. The molecule has 1 saturated carbocycles. The van der Waals surface area contributed by atoms with Crippen LogP contribution in [0.25, 0.3) is 0 Å². The molecule has 0 unspecified atom stereocenters. The van der Waals surface area contributed by atoms with E-state index in [-0.39, 0.29) is 12.1 Å². The van der Waals surface area contributed by atoms with Crippen LogP contribution in [0.4, 0.5) is 4.79 Å². The lowest BCUT2D eigenvalue weighted by Gasteiger charge is -2.25. The predicted octanol–water partition coefficient (Wildman–Crippen LogP) is 2.37. The Balaban J connectivity index is 1.55. The van der Waals surface area contributed by atoms with Crippen LogP contribution in [0.1, 0.15) is 30.7 Å². The van der Waals surface area contributed by atoms with Gasteiger partial charge in [0.05, 0.1) is 6.54 Å². The van der Waals surface area contributed by atoms with Crippen molar-refractivity contribution in [3.05, 3.63) is 48.0 Å². The van der Waals surface area contributed by atoms with Gasteiger partial charge in [-0.2, -0.15) is 5.10 Å². The van der Waals surface area contributed by atoms with Gasteiger partial charge in [0.2, 0.25) is 0 Å². The molecule has 2 aromatic rings. The topological polar surface area (TPSA) is 63.1 Å². The summed E-state index contributed by atoms with van der Waals surface area (Å²) in [7, 11) is 3.63. The summed E-state index contributed by atoms with van der Waals surface area (Å²) < 4.78 is 1.69. The third-order valence-electron chi connectivity index (χ3n) is 4.84. The molecule has 1 aliphatic carbocycles. The number of benzene rings is 1. The minimum atomic E-state index is -0.0389. The van der Waals surface area contributed by atoms with Crippen molar-refractivity contribution >= 4 is 6.03 Å². The number of hydrogen-bond donors (Lipinski definition) is 1. The smallest absolute Gasteiger partial charge is 0.317 e. The molecule has 0 saturated heterocycles. The molecule has 6 heteroatoms. The lowest BCUT2D eigenvalue weighted by atomic mass is 9.95. The fraction of sp³-hybridized carbons (Fsp3) is 0.500. The fourth-order valence-electron chi connectivity index (χ4n) is 3.40. The minimum Gasteiger partial charge on any atom is -0.335 e. The summed E-state index contributed by atoms with van der Waals surface area (Å²) in [6.45, 7) is 0.457. The standard InChI is InChI=1S/C18H25N5O/c1-22(12-17-19-13-20-23(17)2)18(24)21-16-10-6-9-15(16)11-14-7-4-3-5-8-14/h3-5,7-8,13,15-16H,6,9-12H2,1-2H3,(H,21,24)/t15-,16+/m0/s1. The zero-order valence-electron chi connectivity index (χ0n) is 14.4. The van der Waals surface area contributed by atoms with Gasteiger partial charge in [-0.05, 0) is 30.7 Å². The molecule has 0 aliphatic heterocycles. The van der Waals surface area contributed by atoms with E-state index in [1.165, 1.54) is 24.7 Å². The van der Waals surface area contributed by atoms with Crippen LogP contribution >= 0.6 is 0 Å². The number of amides is 2. The van der Waals surface area contributed by atoms with Crippen molar-refractivity contribution in [3.63, 3.8) is 0 Å². The molecular weight excluding hydrogens is 302 g/mol. The maximum atomic E-state index is 12.5. The van der Waals surface area contributed by atoms with Gasteiger partial charge < -0.3 is 10.2 Å². The first-order chi connectivity index (χ1) is 11.6. The highest BCUT2D eigenvalue weighted by atomic mass is 16.2. The predicted molar refractivity (Wildman–Crippen MR) is 92.3 cm³/mol. The highest BCUT2D eigenvalue weighted by molar-refractivity contribution is 5.74. The van der Waals surface area contributed by atoms with Crippen LogP contribution in [0.2, 0.25) is 0 Å². The van der Waals surface area contributed by atoms with Crippen molar-refractivity contribution in [2.75, 3.05) is 7.05 Å². The Labute approximate surface area is 142 Å². The van der Waals surface area contributed by atoms with Gasteiger partial charge >= 0.3 is 6.03 Å². The van der Waals surface area contributed by atoms with E-state index >= 15 is 0 Å². The van der Waals surface area contributed by atoms with Gasteiger partial charge in [0.25, 0.3) is 0 Å². The Bertz CT molecular complexity index is 669. The summed E-state index contributed by atoms with van der Waals surface area (Å²) in [4.78, 5) is 18.3. The first-order valence-corrected chi connectivity index (χ1v) is 8.52. The van der Waals surface area contributed by atoms with E-state index in [2.05, 4.69) is 39.7 Å². The molecule has 1 N–H and O–H groups in total. The van der Waals surface area contributed by atoms with E-state index in [4.69, 9.17) is 0 Å². The Kier molecular flexibility index (Phi) is 5.13. The van der Waals surface area contributed by atoms with E-state index in [1.807, 2.05) is 13.1 Å². The Morgan fingerprint density at radius 3 is 2.83 bits per heavy atom. The quantitative estimate of drug-likeness (QED) is 0.917. The summed E-state index contributed by atoms with van der Waals surface area (Å²) in [5, 5.41) is 7.25.